The van der Waals surface area contributed by atoms with Crippen LogP contribution in [0.15, 0.2) is 54.1 Å². The third kappa shape index (κ3) is 4.45. The van der Waals surface area contributed by atoms with Crippen LogP contribution in [0.3, 0.4) is 0 Å². The molecule has 0 bridgehead atoms. The van der Waals surface area contributed by atoms with Crippen molar-refractivity contribution >= 4 is 11.5 Å². The minimum Gasteiger partial charge on any atom is -0.341 e. The van der Waals surface area contributed by atoms with Crippen LogP contribution in [0, 0.1) is 5.92 Å². The van der Waals surface area contributed by atoms with Gasteiger partial charge in [0, 0.05) is 13.1 Å². The SMILES string of the molecule is CC(C)CNCC(=O)N1CCC(=C2c3ccccc3CCc3ccccc32)CC1. The lowest BCUT2D eigenvalue weighted by atomic mass is 9.86. The Balaban J connectivity index is 1.58. The number of fused-ring (bicyclic) bond motifs is 2. The Hall–Kier alpha value is -2.39. The Morgan fingerprint density at radius 2 is 1.45 bits per heavy atom. The van der Waals surface area contributed by atoms with Gasteiger partial charge in [-0.1, -0.05) is 68.0 Å². The number of likely N-dealkylation sites (tertiary alicyclic amines) is 1. The van der Waals surface area contributed by atoms with Gasteiger partial charge in [0.2, 0.25) is 5.91 Å². The molecule has 1 N–H and O–H groups in total. The van der Waals surface area contributed by atoms with Gasteiger partial charge in [-0.2, -0.15) is 0 Å². The van der Waals surface area contributed by atoms with Gasteiger partial charge in [0.05, 0.1) is 6.54 Å². The van der Waals surface area contributed by atoms with E-state index in [4.69, 9.17) is 0 Å². The number of benzene rings is 2. The first-order valence-corrected chi connectivity index (χ1v) is 11.0. The zero-order chi connectivity index (χ0) is 20.2. The molecule has 3 heteroatoms. The lowest BCUT2D eigenvalue weighted by molar-refractivity contribution is -0.130. The molecule has 0 unspecified atom stereocenters. The van der Waals surface area contributed by atoms with Gasteiger partial charge >= 0.3 is 0 Å². The summed E-state index contributed by atoms with van der Waals surface area (Å²) in [6, 6.07) is 17.8. The Bertz CT molecular complexity index is 853. The minimum atomic E-state index is 0.233. The highest BCUT2D eigenvalue weighted by molar-refractivity contribution is 5.86. The highest BCUT2D eigenvalue weighted by Gasteiger charge is 2.25. The predicted molar refractivity (Wildman–Crippen MR) is 120 cm³/mol. The number of hydrogen-bond donors (Lipinski definition) is 1. The topological polar surface area (TPSA) is 32.3 Å². The molecule has 1 saturated heterocycles. The third-order valence-corrected chi connectivity index (χ3v) is 6.14. The summed E-state index contributed by atoms with van der Waals surface area (Å²) in [5.74, 6) is 0.798. The van der Waals surface area contributed by atoms with Crippen LogP contribution in [0.2, 0.25) is 0 Å². The highest BCUT2D eigenvalue weighted by atomic mass is 16.2. The number of hydrogen-bond acceptors (Lipinski definition) is 2. The molecule has 0 atom stereocenters. The number of carbonyl (C=O) groups is 1. The summed E-state index contributed by atoms with van der Waals surface area (Å²) in [5, 5.41) is 3.29. The van der Waals surface area contributed by atoms with E-state index < -0.39 is 0 Å². The second-order valence-electron chi connectivity index (χ2n) is 8.70. The van der Waals surface area contributed by atoms with E-state index in [-0.39, 0.29) is 5.91 Å². The number of rotatable bonds is 4. The molecule has 29 heavy (non-hydrogen) atoms. The maximum atomic E-state index is 12.6. The fourth-order valence-electron chi connectivity index (χ4n) is 4.62. The molecule has 1 heterocycles. The van der Waals surface area contributed by atoms with Crippen LogP contribution in [-0.2, 0) is 17.6 Å². The fourth-order valence-corrected chi connectivity index (χ4v) is 4.62. The second kappa shape index (κ2) is 8.96. The lowest BCUT2D eigenvalue weighted by Crippen LogP contribution is -2.42. The summed E-state index contributed by atoms with van der Waals surface area (Å²) >= 11 is 0. The summed E-state index contributed by atoms with van der Waals surface area (Å²) in [4.78, 5) is 14.6. The molecule has 0 radical (unpaired) electrons. The molecule has 152 valence electrons. The molecule has 0 saturated carbocycles. The molecule has 2 aromatic rings. The summed E-state index contributed by atoms with van der Waals surface area (Å²) in [6.07, 6.45) is 4.12. The molecule has 1 amide bonds. The molecule has 0 spiro atoms. The van der Waals surface area contributed by atoms with Crippen molar-refractivity contribution < 1.29 is 4.79 Å². The lowest BCUT2D eigenvalue weighted by Gasteiger charge is -2.31. The van der Waals surface area contributed by atoms with Crippen molar-refractivity contribution in [2.24, 2.45) is 5.92 Å². The third-order valence-electron chi connectivity index (χ3n) is 6.14. The molecule has 2 aromatic carbocycles. The average Bonchev–Trinajstić information content (AvgIpc) is 2.90. The summed E-state index contributed by atoms with van der Waals surface area (Å²) in [5.41, 5.74) is 8.62. The van der Waals surface area contributed by atoms with Gasteiger partial charge in [-0.25, -0.2) is 0 Å². The van der Waals surface area contributed by atoms with Crippen molar-refractivity contribution in [3.63, 3.8) is 0 Å². The summed E-state index contributed by atoms with van der Waals surface area (Å²) in [6.45, 7) is 7.33. The van der Waals surface area contributed by atoms with E-state index in [0.29, 0.717) is 12.5 Å². The average molecular weight is 389 g/mol. The molecule has 2 aliphatic rings. The van der Waals surface area contributed by atoms with Gasteiger partial charge in [0.15, 0.2) is 0 Å². The van der Waals surface area contributed by atoms with Gasteiger partial charge in [-0.15, -0.1) is 0 Å². The van der Waals surface area contributed by atoms with Crippen molar-refractivity contribution in [2.75, 3.05) is 26.2 Å². The maximum absolute atomic E-state index is 12.6. The molecule has 1 fully saturated rings. The first kappa shape index (κ1) is 19.9. The maximum Gasteiger partial charge on any atom is 0.236 e. The van der Waals surface area contributed by atoms with Crippen LogP contribution in [0.25, 0.3) is 5.57 Å². The van der Waals surface area contributed by atoms with Crippen molar-refractivity contribution in [1.82, 2.24) is 10.2 Å². The van der Waals surface area contributed by atoms with Crippen LogP contribution in [0.5, 0.6) is 0 Å². The Labute approximate surface area is 174 Å². The monoisotopic (exact) mass is 388 g/mol. The number of nitrogens with one attached hydrogen (secondary N) is 1. The zero-order valence-electron chi connectivity index (χ0n) is 17.7. The molecule has 0 aromatic heterocycles. The van der Waals surface area contributed by atoms with Crippen molar-refractivity contribution in [1.29, 1.82) is 0 Å². The van der Waals surface area contributed by atoms with Crippen LogP contribution < -0.4 is 5.32 Å². The number of piperidine rings is 1. The molecular formula is C26H32N2O. The van der Waals surface area contributed by atoms with E-state index in [1.54, 1.807) is 0 Å². The summed E-state index contributed by atoms with van der Waals surface area (Å²) in [7, 11) is 0. The van der Waals surface area contributed by atoms with Crippen LogP contribution >= 0.6 is 0 Å². The molecular weight excluding hydrogens is 356 g/mol. The fraction of sp³-hybridized carbons (Fsp3) is 0.423. The van der Waals surface area contributed by atoms with E-state index >= 15 is 0 Å². The van der Waals surface area contributed by atoms with Crippen molar-refractivity contribution in [3.05, 3.63) is 76.4 Å². The summed E-state index contributed by atoms with van der Waals surface area (Å²) < 4.78 is 0. The van der Waals surface area contributed by atoms with Gasteiger partial charge in [0.25, 0.3) is 0 Å². The van der Waals surface area contributed by atoms with Gasteiger partial charge in [-0.3, -0.25) is 4.79 Å². The van der Waals surface area contributed by atoms with E-state index in [1.807, 2.05) is 4.90 Å². The number of amides is 1. The quantitative estimate of drug-likeness (QED) is 0.839. The van der Waals surface area contributed by atoms with Gasteiger partial charge < -0.3 is 10.2 Å². The van der Waals surface area contributed by atoms with Crippen LogP contribution in [0.4, 0.5) is 0 Å². The molecule has 1 aliphatic carbocycles. The zero-order valence-corrected chi connectivity index (χ0v) is 17.7. The highest BCUT2D eigenvalue weighted by Crippen LogP contribution is 2.38. The number of nitrogens with zero attached hydrogens (tertiary/aromatic N) is 1. The van der Waals surface area contributed by atoms with E-state index in [2.05, 4.69) is 67.7 Å². The standard InChI is InChI=1S/C26H32N2O/c1-19(2)17-27-18-25(29)28-15-13-22(14-16-28)26-23-9-5-3-7-20(23)11-12-21-8-4-6-10-24(21)26/h3-10,19,27H,11-18H2,1-2H3. The minimum absolute atomic E-state index is 0.233. The number of aryl methyl sites for hydroxylation is 2. The van der Waals surface area contributed by atoms with Crippen LogP contribution in [-0.4, -0.2) is 37.0 Å². The smallest absolute Gasteiger partial charge is 0.236 e. The largest absolute Gasteiger partial charge is 0.341 e. The first-order chi connectivity index (χ1) is 14.1. The predicted octanol–water partition coefficient (Wildman–Crippen LogP) is 4.46. The Morgan fingerprint density at radius 1 is 0.897 bits per heavy atom. The van der Waals surface area contributed by atoms with E-state index in [1.165, 1.54) is 33.4 Å². The van der Waals surface area contributed by atoms with Gasteiger partial charge in [0.1, 0.15) is 0 Å². The molecule has 4 rings (SSSR count). The van der Waals surface area contributed by atoms with Crippen molar-refractivity contribution in [3.8, 4) is 0 Å². The van der Waals surface area contributed by atoms with Crippen LogP contribution in [0.1, 0.15) is 48.9 Å². The number of carbonyl (C=O) groups excluding carboxylic acids is 1. The van der Waals surface area contributed by atoms with Gasteiger partial charge in [-0.05, 0) is 66.0 Å². The molecule has 1 aliphatic heterocycles. The normalized spacial score (nSPS) is 16.4. The van der Waals surface area contributed by atoms with E-state index in [0.717, 1.165) is 45.3 Å². The second-order valence-corrected chi connectivity index (χ2v) is 8.70. The van der Waals surface area contributed by atoms with Crippen molar-refractivity contribution in [2.45, 2.75) is 39.5 Å². The Kier molecular flexibility index (Phi) is 6.15. The first-order valence-electron chi connectivity index (χ1n) is 11.0. The van der Waals surface area contributed by atoms with E-state index in [9.17, 15) is 4.79 Å². The Morgan fingerprint density at radius 3 is 2.00 bits per heavy atom. The molecule has 3 nitrogen and oxygen atoms in total.